The van der Waals surface area contributed by atoms with Crippen LogP contribution in [0.3, 0.4) is 0 Å². The first kappa shape index (κ1) is 14.7. The summed E-state index contributed by atoms with van der Waals surface area (Å²) >= 11 is 0. The summed E-state index contributed by atoms with van der Waals surface area (Å²) in [5.41, 5.74) is 6.25. The second-order valence-electron chi connectivity index (χ2n) is 6.40. The molecule has 0 atom stereocenters. The summed E-state index contributed by atoms with van der Waals surface area (Å²) in [5.74, 6) is 0.781. The van der Waals surface area contributed by atoms with E-state index in [0.29, 0.717) is 0 Å². The number of benzene rings is 2. The second-order valence-corrected chi connectivity index (χ2v) is 6.40. The molecule has 0 fully saturated rings. The lowest BCUT2D eigenvalue weighted by Crippen LogP contribution is -2.00. The number of H-pyrrole nitrogens is 1. The molecule has 0 spiro atoms. The van der Waals surface area contributed by atoms with Gasteiger partial charge < -0.3 is 10.3 Å². The summed E-state index contributed by atoms with van der Waals surface area (Å²) in [5, 5.41) is 9.26. The number of nitrogens with zero attached hydrogens (tertiary/aromatic N) is 3. The van der Waals surface area contributed by atoms with Crippen LogP contribution in [0.1, 0.15) is 5.56 Å². The Labute approximate surface area is 150 Å². The molecule has 0 saturated heterocycles. The molecule has 0 bridgehead atoms. The van der Waals surface area contributed by atoms with Crippen LogP contribution in [0.2, 0.25) is 0 Å². The average Bonchev–Trinajstić information content (AvgIpc) is 3.29. The maximum Gasteiger partial charge on any atom is 0.154 e. The number of aromatic amines is 1. The highest BCUT2D eigenvalue weighted by atomic mass is 15.3. The van der Waals surface area contributed by atoms with E-state index in [1.807, 2.05) is 29.0 Å². The Balaban J connectivity index is 1.57. The summed E-state index contributed by atoms with van der Waals surface area (Å²) < 4.78 is 1.88. The fourth-order valence-corrected chi connectivity index (χ4v) is 3.13. The van der Waals surface area contributed by atoms with Crippen LogP contribution in [-0.2, 0) is 0 Å². The van der Waals surface area contributed by atoms with Gasteiger partial charge in [0.1, 0.15) is 0 Å². The highest BCUT2D eigenvalue weighted by Gasteiger charge is 2.09. The molecule has 0 saturated carbocycles. The van der Waals surface area contributed by atoms with Crippen molar-refractivity contribution in [2.75, 3.05) is 5.32 Å². The molecule has 0 aliphatic carbocycles. The standard InChI is InChI=1S/C21H17N5/c1-14-2-5-17(6-3-14)24-20-8-9-21-23-13-19(26(21)25-20)16-4-7-18-15(12-16)10-11-22-18/h2-13,22H,1H3,(H,24,25). The molecule has 0 aliphatic heterocycles. The van der Waals surface area contributed by atoms with Crippen molar-refractivity contribution in [1.29, 1.82) is 0 Å². The molecule has 5 aromatic rings. The Morgan fingerprint density at radius 3 is 2.73 bits per heavy atom. The largest absolute Gasteiger partial charge is 0.361 e. The first-order valence-electron chi connectivity index (χ1n) is 8.52. The van der Waals surface area contributed by atoms with Crippen LogP contribution < -0.4 is 5.32 Å². The highest BCUT2D eigenvalue weighted by Crippen LogP contribution is 2.25. The number of aryl methyl sites for hydroxylation is 1. The molecule has 3 heterocycles. The van der Waals surface area contributed by atoms with Crippen molar-refractivity contribution in [2.45, 2.75) is 6.92 Å². The number of hydrogen-bond acceptors (Lipinski definition) is 3. The number of hydrogen-bond donors (Lipinski definition) is 2. The van der Waals surface area contributed by atoms with Crippen molar-refractivity contribution >= 4 is 28.1 Å². The fraction of sp³-hybridized carbons (Fsp3) is 0.0476. The summed E-state index contributed by atoms with van der Waals surface area (Å²) in [6.45, 7) is 2.08. The van der Waals surface area contributed by atoms with Crippen molar-refractivity contribution in [2.24, 2.45) is 0 Å². The van der Waals surface area contributed by atoms with E-state index in [4.69, 9.17) is 5.10 Å². The van der Waals surface area contributed by atoms with Crippen LogP contribution in [0.5, 0.6) is 0 Å². The molecule has 2 aromatic carbocycles. The van der Waals surface area contributed by atoms with Crippen LogP contribution >= 0.6 is 0 Å². The summed E-state index contributed by atoms with van der Waals surface area (Å²) in [6.07, 6.45) is 3.82. The predicted molar refractivity (Wildman–Crippen MR) is 105 cm³/mol. The third-order valence-corrected chi connectivity index (χ3v) is 4.54. The second kappa shape index (κ2) is 5.74. The van der Waals surface area contributed by atoms with Gasteiger partial charge in [-0.15, -0.1) is 5.10 Å². The predicted octanol–water partition coefficient (Wildman–Crippen LogP) is 4.93. The SMILES string of the molecule is Cc1ccc(Nc2ccc3ncc(-c4ccc5[nH]ccc5c4)n3n2)cc1. The summed E-state index contributed by atoms with van der Waals surface area (Å²) in [6, 6.07) is 20.6. The lowest BCUT2D eigenvalue weighted by molar-refractivity contribution is 0.949. The molecule has 0 aliphatic rings. The minimum absolute atomic E-state index is 0.781. The first-order chi connectivity index (χ1) is 12.8. The molecule has 5 rings (SSSR count). The van der Waals surface area contributed by atoms with Gasteiger partial charge in [-0.2, -0.15) is 0 Å². The molecule has 26 heavy (non-hydrogen) atoms. The Morgan fingerprint density at radius 1 is 0.962 bits per heavy atom. The van der Waals surface area contributed by atoms with Crippen LogP contribution in [0.15, 0.2) is 73.1 Å². The number of anilines is 2. The van der Waals surface area contributed by atoms with Gasteiger partial charge in [0.05, 0.1) is 11.9 Å². The quantitative estimate of drug-likeness (QED) is 0.490. The van der Waals surface area contributed by atoms with E-state index < -0.39 is 0 Å². The van der Waals surface area contributed by atoms with Crippen molar-refractivity contribution < 1.29 is 0 Å². The third kappa shape index (κ3) is 2.50. The van der Waals surface area contributed by atoms with Crippen molar-refractivity contribution in [3.63, 3.8) is 0 Å². The number of fused-ring (bicyclic) bond motifs is 2. The minimum Gasteiger partial charge on any atom is -0.361 e. The minimum atomic E-state index is 0.781. The number of nitrogens with one attached hydrogen (secondary N) is 2. The van der Waals surface area contributed by atoms with Crippen molar-refractivity contribution in [3.8, 4) is 11.3 Å². The lowest BCUT2D eigenvalue weighted by atomic mass is 10.1. The number of rotatable bonds is 3. The van der Waals surface area contributed by atoms with Crippen molar-refractivity contribution in [3.05, 3.63) is 78.6 Å². The first-order valence-corrected chi connectivity index (χ1v) is 8.52. The van der Waals surface area contributed by atoms with Gasteiger partial charge in [0, 0.05) is 28.4 Å². The lowest BCUT2D eigenvalue weighted by Gasteiger charge is -2.07. The number of aromatic nitrogens is 4. The van der Waals surface area contributed by atoms with E-state index in [9.17, 15) is 0 Å². The topological polar surface area (TPSA) is 58.0 Å². The van der Waals surface area contributed by atoms with Gasteiger partial charge in [0.2, 0.25) is 0 Å². The van der Waals surface area contributed by atoms with E-state index in [1.165, 1.54) is 10.9 Å². The van der Waals surface area contributed by atoms with Crippen LogP contribution in [-0.4, -0.2) is 19.6 Å². The maximum absolute atomic E-state index is 4.73. The highest BCUT2D eigenvalue weighted by molar-refractivity contribution is 5.84. The van der Waals surface area contributed by atoms with Gasteiger partial charge in [0.15, 0.2) is 11.5 Å². The van der Waals surface area contributed by atoms with E-state index >= 15 is 0 Å². The number of imidazole rings is 1. The van der Waals surface area contributed by atoms with Gasteiger partial charge in [0.25, 0.3) is 0 Å². The van der Waals surface area contributed by atoms with E-state index in [1.54, 1.807) is 0 Å². The Morgan fingerprint density at radius 2 is 1.85 bits per heavy atom. The Kier molecular flexibility index (Phi) is 3.25. The fourth-order valence-electron chi connectivity index (χ4n) is 3.13. The molecule has 0 amide bonds. The molecular weight excluding hydrogens is 322 g/mol. The molecule has 0 radical (unpaired) electrons. The maximum atomic E-state index is 4.73. The Bertz CT molecular complexity index is 1210. The average molecular weight is 339 g/mol. The van der Waals surface area contributed by atoms with Gasteiger partial charge in [-0.3, -0.25) is 0 Å². The van der Waals surface area contributed by atoms with Crippen LogP contribution in [0.4, 0.5) is 11.5 Å². The molecule has 0 unspecified atom stereocenters. The van der Waals surface area contributed by atoms with Gasteiger partial charge in [-0.25, -0.2) is 9.50 Å². The monoisotopic (exact) mass is 339 g/mol. The third-order valence-electron chi connectivity index (χ3n) is 4.54. The summed E-state index contributed by atoms with van der Waals surface area (Å²) in [4.78, 5) is 7.71. The molecule has 5 nitrogen and oxygen atoms in total. The summed E-state index contributed by atoms with van der Waals surface area (Å²) in [7, 11) is 0. The zero-order valence-corrected chi connectivity index (χ0v) is 14.3. The molecule has 2 N–H and O–H groups in total. The van der Waals surface area contributed by atoms with E-state index in [0.717, 1.165) is 33.9 Å². The zero-order valence-electron chi connectivity index (χ0n) is 14.3. The zero-order chi connectivity index (χ0) is 17.5. The smallest absolute Gasteiger partial charge is 0.154 e. The van der Waals surface area contributed by atoms with E-state index in [-0.39, 0.29) is 0 Å². The molecule has 5 heteroatoms. The van der Waals surface area contributed by atoms with Gasteiger partial charge in [-0.1, -0.05) is 23.8 Å². The normalized spacial score (nSPS) is 11.3. The van der Waals surface area contributed by atoms with Gasteiger partial charge in [-0.05, 0) is 49.4 Å². The molecular formula is C21H17N5. The van der Waals surface area contributed by atoms with Crippen LogP contribution in [0, 0.1) is 6.92 Å². The molecule has 126 valence electrons. The van der Waals surface area contributed by atoms with Crippen LogP contribution in [0.25, 0.3) is 27.8 Å². The van der Waals surface area contributed by atoms with Gasteiger partial charge >= 0.3 is 0 Å². The Hall–Kier alpha value is -3.60. The van der Waals surface area contributed by atoms with E-state index in [2.05, 4.69) is 70.7 Å². The van der Waals surface area contributed by atoms with Crippen molar-refractivity contribution in [1.82, 2.24) is 19.6 Å². The molecule has 3 aromatic heterocycles.